The summed E-state index contributed by atoms with van der Waals surface area (Å²) in [6, 6.07) is 12.9. The van der Waals surface area contributed by atoms with Crippen LogP contribution in [-0.4, -0.2) is 54.6 Å². The largest absolute Gasteiger partial charge is 0.455 e. The van der Waals surface area contributed by atoms with Crippen LogP contribution in [-0.2, 0) is 16.0 Å². The summed E-state index contributed by atoms with van der Waals surface area (Å²) in [4.78, 5) is 26.1. The monoisotopic (exact) mass is 399 g/mol. The number of carbonyl (C=O) groups is 2. The maximum atomic E-state index is 12.7. The highest BCUT2D eigenvalue weighted by Gasteiger charge is 2.48. The molecule has 2 N–H and O–H groups in total. The molecule has 2 atom stereocenters. The van der Waals surface area contributed by atoms with Gasteiger partial charge in [0.05, 0.1) is 18.0 Å². The number of benzene rings is 1. The van der Waals surface area contributed by atoms with Gasteiger partial charge in [-0.2, -0.15) is 0 Å². The van der Waals surface area contributed by atoms with Gasteiger partial charge in [-0.25, -0.2) is 0 Å². The number of fused-ring (bicyclic) bond motifs is 3. The zero-order chi connectivity index (χ0) is 19.6. The van der Waals surface area contributed by atoms with Crippen LogP contribution in [0.15, 0.2) is 47.8 Å². The number of nitrogens with zero attached hydrogens (tertiary/aromatic N) is 1. The number of thiophene rings is 1. The smallest absolute Gasteiger partial charge is 0.323 e. The normalized spacial score (nSPS) is 27.3. The van der Waals surface area contributed by atoms with Crippen LogP contribution in [0.4, 0.5) is 0 Å². The molecule has 0 radical (unpaired) electrons. The van der Waals surface area contributed by atoms with Gasteiger partial charge in [-0.05, 0) is 23.4 Å². The second-order valence-corrected chi connectivity index (χ2v) is 9.09. The van der Waals surface area contributed by atoms with Crippen LogP contribution in [0.2, 0.25) is 0 Å². The second kappa shape index (κ2) is 8.15. The van der Waals surface area contributed by atoms with Crippen molar-refractivity contribution < 1.29 is 18.8 Å². The van der Waals surface area contributed by atoms with Gasteiger partial charge in [-0.1, -0.05) is 36.4 Å². The third-order valence-corrected chi connectivity index (χ3v) is 7.10. The molecular formula is C22H27N2O3S+. The lowest BCUT2D eigenvalue weighted by Crippen LogP contribution is -2.66. The number of nitrogens with two attached hydrogens (primary N) is 1. The lowest BCUT2D eigenvalue weighted by molar-refractivity contribution is -0.938. The summed E-state index contributed by atoms with van der Waals surface area (Å²) >= 11 is 1.50. The van der Waals surface area contributed by atoms with Crippen LogP contribution < -0.4 is 5.73 Å². The van der Waals surface area contributed by atoms with E-state index in [-0.39, 0.29) is 17.9 Å². The molecule has 4 heterocycles. The van der Waals surface area contributed by atoms with Crippen molar-refractivity contribution in [2.24, 2.45) is 11.7 Å². The molecule has 0 spiro atoms. The van der Waals surface area contributed by atoms with E-state index in [1.807, 2.05) is 47.8 Å². The molecule has 3 saturated heterocycles. The lowest BCUT2D eigenvalue weighted by Gasteiger charge is -2.51. The molecule has 1 aromatic heterocycles. The number of quaternary nitrogens is 1. The number of ether oxygens (including phenoxy) is 1. The molecule has 28 heavy (non-hydrogen) atoms. The Morgan fingerprint density at radius 3 is 2.57 bits per heavy atom. The number of hydrogen-bond donors (Lipinski definition) is 1. The predicted octanol–water partition coefficient (Wildman–Crippen LogP) is 2.65. The first-order valence-corrected chi connectivity index (χ1v) is 10.8. The summed E-state index contributed by atoms with van der Waals surface area (Å²) in [5.41, 5.74) is 7.14. The Labute approximate surface area is 169 Å². The first-order chi connectivity index (χ1) is 13.5. The van der Waals surface area contributed by atoms with Crippen LogP contribution >= 0.6 is 11.3 Å². The molecule has 0 aliphatic carbocycles. The van der Waals surface area contributed by atoms with E-state index in [0.29, 0.717) is 18.9 Å². The minimum atomic E-state index is -0.654. The van der Waals surface area contributed by atoms with Gasteiger partial charge >= 0.3 is 5.97 Å². The molecule has 0 unspecified atom stereocenters. The van der Waals surface area contributed by atoms with Crippen molar-refractivity contribution >= 4 is 23.1 Å². The topological polar surface area (TPSA) is 69.4 Å². The van der Waals surface area contributed by atoms with Gasteiger partial charge in [-0.3, -0.25) is 9.59 Å². The van der Waals surface area contributed by atoms with E-state index < -0.39 is 6.04 Å². The van der Waals surface area contributed by atoms with E-state index in [0.717, 1.165) is 47.4 Å². The number of rotatable bonds is 7. The molecule has 5 nitrogen and oxygen atoms in total. The summed E-state index contributed by atoms with van der Waals surface area (Å²) in [5, 5.41) is 1.94. The van der Waals surface area contributed by atoms with Gasteiger partial charge in [0.2, 0.25) is 5.78 Å². The van der Waals surface area contributed by atoms with Gasteiger partial charge in [0.1, 0.15) is 19.1 Å². The molecule has 5 rings (SSSR count). The summed E-state index contributed by atoms with van der Waals surface area (Å²) in [6.45, 7) is 3.21. The molecule has 2 bridgehead atoms. The fourth-order valence-electron chi connectivity index (χ4n) is 4.58. The molecule has 1 aromatic carbocycles. The average Bonchev–Trinajstić information content (AvgIpc) is 3.24. The standard InChI is InChI=1S/C22H27N2O3S/c23-18(13-16-5-2-1-3-6-16)22(26)27-20-15-24(10-8-17(20)9-11-24)14-19(25)21-7-4-12-28-21/h1-7,12,17-18,20H,8-11,13-15,23H2/q+1/t17?,18-,20-,24?/m0/s1. The van der Waals surface area contributed by atoms with Gasteiger partial charge in [0.15, 0.2) is 6.10 Å². The number of hydrogen-bond acceptors (Lipinski definition) is 5. The highest BCUT2D eigenvalue weighted by atomic mass is 32.1. The molecule has 3 fully saturated rings. The van der Waals surface area contributed by atoms with E-state index in [1.165, 1.54) is 11.3 Å². The Balaban J connectivity index is 1.37. The molecule has 3 aliphatic rings. The molecule has 148 valence electrons. The van der Waals surface area contributed by atoms with Crippen molar-refractivity contribution in [2.75, 3.05) is 26.2 Å². The van der Waals surface area contributed by atoms with E-state index in [2.05, 4.69) is 0 Å². The van der Waals surface area contributed by atoms with Crippen molar-refractivity contribution in [2.45, 2.75) is 31.4 Å². The summed E-state index contributed by atoms with van der Waals surface area (Å²) < 4.78 is 6.60. The Hall–Kier alpha value is -2.02. The van der Waals surface area contributed by atoms with Crippen molar-refractivity contribution in [3.63, 3.8) is 0 Å². The first kappa shape index (κ1) is 19.3. The van der Waals surface area contributed by atoms with E-state index >= 15 is 0 Å². The minimum absolute atomic E-state index is 0.132. The first-order valence-electron chi connectivity index (χ1n) is 9.96. The summed E-state index contributed by atoms with van der Waals surface area (Å²) in [7, 11) is 0. The Morgan fingerprint density at radius 1 is 1.14 bits per heavy atom. The number of piperidine rings is 3. The van der Waals surface area contributed by atoms with Gasteiger partial charge < -0.3 is 15.0 Å². The third-order valence-electron chi connectivity index (χ3n) is 6.19. The molecule has 3 aliphatic heterocycles. The molecule has 0 saturated carbocycles. The quantitative estimate of drug-likeness (QED) is 0.441. The molecule has 2 aromatic rings. The fraction of sp³-hybridized carbons (Fsp3) is 0.455. The highest BCUT2D eigenvalue weighted by molar-refractivity contribution is 7.12. The Kier molecular flexibility index (Phi) is 5.62. The molecule has 0 amide bonds. The van der Waals surface area contributed by atoms with Crippen LogP contribution in [0, 0.1) is 5.92 Å². The Morgan fingerprint density at radius 2 is 1.89 bits per heavy atom. The average molecular weight is 400 g/mol. The predicted molar refractivity (Wildman–Crippen MR) is 109 cm³/mol. The lowest BCUT2D eigenvalue weighted by atomic mass is 9.83. The number of carbonyl (C=O) groups excluding carboxylic acids is 2. The third kappa shape index (κ3) is 4.19. The maximum Gasteiger partial charge on any atom is 0.323 e. The van der Waals surface area contributed by atoms with E-state index in [4.69, 9.17) is 10.5 Å². The van der Waals surface area contributed by atoms with Crippen molar-refractivity contribution in [1.82, 2.24) is 0 Å². The van der Waals surface area contributed by atoms with Gasteiger partial charge in [0.25, 0.3) is 0 Å². The SMILES string of the molecule is N[C@@H](Cc1ccccc1)C(=O)O[C@H]1C[N+]2(CC(=O)c3cccs3)CCC1CC2. The van der Waals surface area contributed by atoms with Gasteiger partial charge in [0, 0.05) is 18.8 Å². The van der Waals surface area contributed by atoms with E-state index in [9.17, 15) is 9.59 Å². The van der Waals surface area contributed by atoms with Crippen LogP contribution in [0.25, 0.3) is 0 Å². The van der Waals surface area contributed by atoms with Crippen LogP contribution in [0.1, 0.15) is 28.1 Å². The zero-order valence-electron chi connectivity index (χ0n) is 16.0. The van der Waals surface area contributed by atoms with Crippen LogP contribution in [0.5, 0.6) is 0 Å². The number of ketones is 1. The Bertz CT molecular complexity index is 814. The summed E-state index contributed by atoms with van der Waals surface area (Å²) in [6.07, 6.45) is 2.36. The highest BCUT2D eigenvalue weighted by Crippen LogP contribution is 2.36. The second-order valence-electron chi connectivity index (χ2n) is 8.14. The summed E-state index contributed by atoms with van der Waals surface area (Å²) in [5.74, 6) is 0.260. The van der Waals surface area contributed by atoms with Gasteiger partial charge in [-0.15, -0.1) is 11.3 Å². The minimum Gasteiger partial charge on any atom is -0.455 e. The van der Waals surface area contributed by atoms with E-state index in [1.54, 1.807) is 0 Å². The maximum absolute atomic E-state index is 12.7. The number of esters is 1. The molecular weight excluding hydrogens is 372 g/mol. The van der Waals surface area contributed by atoms with Crippen molar-refractivity contribution in [3.8, 4) is 0 Å². The van der Waals surface area contributed by atoms with Crippen molar-refractivity contribution in [1.29, 1.82) is 0 Å². The van der Waals surface area contributed by atoms with Crippen LogP contribution in [0.3, 0.4) is 0 Å². The molecule has 6 heteroatoms. The zero-order valence-corrected chi connectivity index (χ0v) is 16.8. The van der Waals surface area contributed by atoms with Crippen molar-refractivity contribution in [3.05, 3.63) is 58.3 Å². The number of Topliss-reactive ketones (excluding diaryl/α,β-unsaturated/α-hetero) is 1. The fourth-order valence-corrected chi connectivity index (χ4v) is 5.24.